The molecule has 0 aliphatic rings. The molecule has 2 rings (SSSR count). The molecular weight excluding hydrogens is 262 g/mol. The molecule has 0 saturated carbocycles. The van der Waals surface area contributed by atoms with Crippen LogP contribution in [0.25, 0.3) is 0 Å². The first kappa shape index (κ1) is 13.8. The van der Waals surface area contributed by atoms with Crippen molar-refractivity contribution in [2.45, 2.75) is 25.3 Å². The van der Waals surface area contributed by atoms with Crippen molar-refractivity contribution in [3.8, 4) is 0 Å². The van der Waals surface area contributed by atoms with Gasteiger partial charge in [0, 0.05) is 13.6 Å². The average molecular weight is 279 g/mol. The van der Waals surface area contributed by atoms with E-state index in [1.807, 2.05) is 31.2 Å². The summed E-state index contributed by atoms with van der Waals surface area (Å²) in [5.74, 6) is 0. The zero-order chi connectivity index (χ0) is 14.0. The molecule has 102 valence electrons. The summed E-state index contributed by atoms with van der Waals surface area (Å²) in [6.07, 6.45) is 1.34. The van der Waals surface area contributed by atoms with E-state index in [2.05, 4.69) is 10.2 Å². The van der Waals surface area contributed by atoms with Crippen molar-refractivity contribution in [1.29, 1.82) is 0 Å². The van der Waals surface area contributed by atoms with Gasteiger partial charge in [-0.1, -0.05) is 29.8 Å². The quantitative estimate of drug-likeness (QED) is 0.928. The second kappa shape index (κ2) is 5.14. The Kier molecular flexibility index (Phi) is 3.73. The molecule has 0 amide bonds. The highest BCUT2D eigenvalue weighted by Gasteiger charge is 2.24. The SMILES string of the molecule is Cc1cccc(CN(C)S(=O)(=O)c2cn[nH]c2C)c1. The fraction of sp³-hybridized carbons (Fsp3) is 0.308. The molecule has 6 heteroatoms. The third kappa shape index (κ3) is 2.85. The first-order chi connectivity index (χ1) is 8.91. The van der Waals surface area contributed by atoms with Crippen molar-refractivity contribution in [2.24, 2.45) is 0 Å². The molecule has 0 aliphatic carbocycles. The predicted octanol–water partition coefficient (Wildman–Crippen LogP) is 1.85. The molecule has 1 aromatic carbocycles. The summed E-state index contributed by atoms with van der Waals surface area (Å²) in [4.78, 5) is 0.225. The van der Waals surface area contributed by atoms with Crippen LogP contribution in [-0.4, -0.2) is 30.0 Å². The lowest BCUT2D eigenvalue weighted by molar-refractivity contribution is 0.466. The molecule has 0 radical (unpaired) electrons. The Morgan fingerprint density at radius 2 is 2.05 bits per heavy atom. The molecule has 0 fully saturated rings. The summed E-state index contributed by atoms with van der Waals surface area (Å²) >= 11 is 0. The Balaban J connectivity index is 2.25. The molecule has 19 heavy (non-hydrogen) atoms. The van der Waals surface area contributed by atoms with Gasteiger partial charge in [-0.25, -0.2) is 8.42 Å². The van der Waals surface area contributed by atoms with Crippen molar-refractivity contribution in [1.82, 2.24) is 14.5 Å². The molecule has 2 aromatic rings. The number of H-pyrrole nitrogens is 1. The number of sulfonamides is 1. The Morgan fingerprint density at radius 1 is 1.32 bits per heavy atom. The van der Waals surface area contributed by atoms with Gasteiger partial charge < -0.3 is 0 Å². The number of benzene rings is 1. The van der Waals surface area contributed by atoms with E-state index in [0.717, 1.165) is 11.1 Å². The van der Waals surface area contributed by atoms with Gasteiger partial charge in [0.15, 0.2) is 0 Å². The maximum Gasteiger partial charge on any atom is 0.246 e. The Labute approximate surface area is 113 Å². The zero-order valence-corrected chi connectivity index (χ0v) is 12.0. The number of rotatable bonds is 4. The van der Waals surface area contributed by atoms with Crippen molar-refractivity contribution in [3.63, 3.8) is 0 Å². The molecule has 0 spiro atoms. The third-order valence-electron chi connectivity index (χ3n) is 2.96. The summed E-state index contributed by atoms with van der Waals surface area (Å²) in [5.41, 5.74) is 2.63. The van der Waals surface area contributed by atoms with E-state index in [1.54, 1.807) is 14.0 Å². The summed E-state index contributed by atoms with van der Waals surface area (Å²) < 4.78 is 26.1. The molecule has 0 saturated heterocycles. The van der Waals surface area contributed by atoms with Crippen LogP contribution in [0, 0.1) is 13.8 Å². The lowest BCUT2D eigenvalue weighted by atomic mass is 10.1. The molecule has 1 heterocycles. The summed E-state index contributed by atoms with van der Waals surface area (Å²) in [7, 11) is -1.92. The second-order valence-corrected chi connectivity index (χ2v) is 6.62. The molecule has 0 unspecified atom stereocenters. The van der Waals surface area contributed by atoms with E-state index in [-0.39, 0.29) is 4.90 Å². The van der Waals surface area contributed by atoms with Crippen LogP contribution in [0.2, 0.25) is 0 Å². The van der Waals surface area contributed by atoms with E-state index in [1.165, 1.54) is 10.5 Å². The van der Waals surface area contributed by atoms with Crippen LogP contribution in [0.5, 0.6) is 0 Å². The van der Waals surface area contributed by atoms with Crippen LogP contribution >= 0.6 is 0 Å². The minimum atomic E-state index is -3.50. The zero-order valence-electron chi connectivity index (χ0n) is 11.2. The number of nitrogens with one attached hydrogen (secondary N) is 1. The lowest BCUT2D eigenvalue weighted by Gasteiger charge is -2.17. The van der Waals surface area contributed by atoms with Crippen molar-refractivity contribution in [3.05, 3.63) is 47.3 Å². The first-order valence-electron chi connectivity index (χ1n) is 5.93. The standard InChI is InChI=1S/C13H17N3O2S/c1-10-5-4-6-12(7-10)9-16(3)19(17,18)13-8-14-15-11(13)2/h4-8H,9H2,1-3H3,(H,14,15). The Morgan fingerprint density at radius 3 is 2.63 bits per heavy atom. The summed E-state index contributed by atoms with van der Waals surface area (Å²) in [5, 5.41) is 6.41. The normalized spacial score (nSPS) is 12.0. The Bertz CT molecular complexity index is 677. The van der Waals surface area contributed by atoms with Crippen molar-refractivity contribution < 1.29 is 8.42 Å². The smallest absolute Gasteiger partial charge is 0.246 e. The molecule has 1 aromatic heterocycles. The maximum absolute atomic E-state index is 12.4. The number of nitrogens with zero attached hydrogens (tertiary/aromatic N) is 2. The minimum absolute atomic E-state index is 0.225. The van der Waals surface area contributed by atoms with Gasteiger partial charge in [0.2, 0.25) is 10.0 Å². The van der Waals surface area contributed by atoms with Gasteiger partial charge in [-0.05, 0) is 19.4 Å². The fourth-order valence-corrected chi connectivity index (χ4v) is 3.19. The molecular formula is C13H17N3O2S. The van der Waals surface area contributed by atoms with Crippen molar-refractivity contribution >= 4 is 10.0 Å². The van der Waals surface area contributed by atoms with E-state index in [0.29, 0.717) is 12.2 Å². The van der Waals surface area contributed by atoms with Crippen LogP contribution in [0.3, 0.4) is 0 Å². The van der Waals surface area contributed by atoms with Crippen LogP contribution in [0.15, 0.2) is 35.4 Å². The van der Waals surface area contributed by atoms with Gasteiger partial charge in [0.1, 0.15) is 4.90 Å². The van der Waals surface area contributed by atoms with E-state index >= 15 is 0 Å². The summed E-state index contributed by atoms with van der Waals surface area (Å²) in [6, 6.07) is 7.81. The van der Waals surface area contributed by atoms with Gasteiger partial charge in [-0.2, -0.15) is 9.40 Å². The first-order valence-corrected chi connectivity index (χ1v) is 7.37. The van der Waals surface area contributed by atoms with Gasteiger partial charge in [-0.3, -0.25) is 5.10 Å². The van der Waals surface area contributed by atoms with Crippen LogP contribution < -0.4 is 0 Å². The maximum atomic E-state index is 12.4. The number of aromatic nitrogens is 2. The highest BCUT2D eigenvalue weighted by atomic mass is 32.2. The minimum Gasteiger partial charge on any atom is -0.281 e. The number of hydrogen-bond acceptors (Lipinski definition) is 3. The van der Waals surface area contributed by atoms with Crippen LogP contribution in [0.4, 0.5) is 0 Å². The van der Waals surface area contributed by atoms with E-state index < -0.39 is 10.0 Å². The largest absolute Gasteiger partial charge is 0.281 e. The average Bonchev–Trinajstić information content (AvgIpc) is 2.76. The number of aryl methyl sites for hydroxylation is 2. The molecule has 1 N–H and O–H groups in total. The van der Waals surface area contributed by atoms with Crippen LogP contribution in [-0.2, 0) is 16.6 Å². The number of aromatic amines is 1. The van der Waals surface area contributed by atoms with E-state index in [9.17, 15) is 8.42 Å². The topological polar surface area (TPSA) is 66.1 Å². The number of hydrogen-bond donors (Lipinski definition) is 1. The Hall–Kier alpha value is -1.66. The molecule has 0 atom stereocenters. The lowest BCUT2D eigenvalue weighted by Crippen LogP contribution is -2.26. The molecule has 0 bridgehead atoms. The van der Waals surface area contributed by atoms with Gasteiger partial charge >= 0.3 is 0 Å². The fourth-order valence-electron chi connectivity index (χ4n) is 1.92. The van der Waals surface area contributed by atoms with Crippen LogP contribution in [0.1, 0.15) is 16.8 Å². The van der Waals surface area contributed by atoms with Crippen molar-refractivity contribution in [2.75, 3.05) is 7.05 Å². The highest BCUT2D eigenvalue weighted by Crippen LogP contribution is 2.18. The second-order valence-electron chi connectivity index (χ2n) is 4.61. The molecule has 5 nitrogen and oxygen atoms in total. The van der Waals surface area contributed by atoms with Gasteiger partial charge in [0.05, 0.1) is 11.9 Å². The monoisotopic (exact) mass is 279 g/mol. The van der Waals surface area contributed by atoms with Gasteiger partial charge in [-0.15, -0.1) is 0 Å². The highest BCUT2D eigenvalue weighted by molar-refractivity contribution is 7.89. The van der Waals surface area contributed by atoms with E-state index in [4.69, 9.17) is 0 Å². The molecule has 0 aliphatic heterocycles. The van der Waals surface area contributed by atoms with Gasteiger partial charge in [0.25, 0.3) is 0 Å². The summed E-state index contributed by atoms with van der Waals surface area (Å²) in [6.45, 7) is 4.02. The predicted molar refractivity (Wildman–Crippen MR) is 73.2 cm³/mol. The third-order valence-corrected chi connectivity index (χ3v) is 4.88.